The van der Waals surface area contributed by atoms with Crippen LogP contribution in [0.1, 0.15) is 95.2 Å². The van der Waals surface area contributed by atoms with Crippen LogP contribution < -0.4 is 9.64 Å². The lowest BCUT2D eigenvalue weighted by molar-refractivity contribution is -0.124. The summed E-state index contributed by atoms with van der Waals surface area (Å²) in [5.74, 6) is 1.58. The molecule has 10 heteroatoms. The number of aliphatic hydroxyl groups excluding tert-OH is 1. The fourth-order valence-corrected chi connectivity index (χ4v) is 8.39. The molecule has 2 bridgehead atoms. The highest BCUT2D eigenvalue weighted by atomic mass is 16.6. The van der Waals surface area contributed by atoms with Crippen molar-refractivity contribution in [3.63, 3.8) is 0 Å². The number of anilines is 1. The van der Waals surface area contributed by atoms with Crippen LogP contribution >= 0.6 is 0 Å². The van der Waals surface area contributed by atoms with Crippen LogP contribution in [0, 0.1) is 18.3 Å². The number of nitrogens with zero attached hydrogens (tertiary/aromatic N) is 5. The molecule has 2 aromatic heterocycles. The third kappa shape index (κ3) is 7.35. The van der Waals surface area contributed by atoms with E-state index in [1.807, 2.05) is 28.0 Å². The molecule has 1 aromatic carbocycles. The Morgan fingerprint density at radius 3 is 2.35 bits per heavy atom. The number of aromatic nitrogens is 3. The topological polar surface area (TPSA) is 110 Å². The highest BCUT2D eigenvalue weighted by molar-refractivity contribution is 5.95. The van der Waals surface area contributed by atoms with Gasteiger partial charge < -0.3 is 19.5 Å². The van der Waals surface area contributed by atoms with Crippen LogP contribution in [-0.4, -0.2) is 76.7 Å². The first kappa shape index (κ1) is 34.9. The van der Waals surface area contributed by atoms with E-state index < -0.39 is 6.09 Å². The fraction of sp³-hybridized carbons (Fsp3) is 0.590. The summed E-state index contributed by atoms with van der Waals surface area (Å²) in [5.41, 5.74) is 4.83. The smallest absolute Gasteiger partial charge is 0.409 e. The largest absolute Gasteiger partial charge is 0.496 e. The Hall–Kier alpha value is -3.92. The van der Waals surface area contributed by atoms with Crippen molar-refractivity contribution < 1.29 is 24.2 Å². The summed E-state index contributed by atoms with van der Waals surface area (Å²) in [6.07, 6.45) is 14.3. The minimum atomic E-state index is -0.429. The van der Waals surface area contributed by atoms with E-state index in [1.54, 1.807) is 14.2 Å². The Bertz CT molecular complexity index is 1600. The van der Waals surface area contributed by atoms with Gasteiger partial charge in [0.05, 0.1) is 19.9 Å². The van der Waals surface area contributed by atoms with Gasteiger partial charge in [0.15, 0.2) is 0 Å². The maximum Gasteiger partial charge on any atom is 0.409 e. The first-order chi connectivity index (χ1) is 23.5. The number of fused-ring (bicyclic) bond motifs is 3. The highest BCUT2D eigenvalue weighted by Crippen LogP contribution is 2.58. The minimum Gasteiger partial charge on any atom is -0.496 e. The molecule has 4 saturated carbocycles. The van der Waals surface area contributed by atoms with Crippen molar-refractivity contribution >= 4 is 17.8 Å². The van der Waals surface area contributed by atoms with Gasteiger partial charge in [-0.1, -0.05) is 12.1 Å². The van der Waals surface area contributed by atoms with E-state index in [1.165, 1.54) is 16.0 Å². The van der Waals surface area contributed by atoms with Crippen LogP contribution in [0.3, 0.4) is 0 Å². The zero-order valence-electron chi connectivity index (χ0n) is 29.9. The number of amides is 2. The van der Waals surface area contributed by atoms with Gasteiger partial charge in [0.1, 0.15) is 17.7 Å². The predicted molar refractivity (Wildman–Crippen MR) is 190 cm³/mol. The van der Waals surface area contributed by atoms with E-state index >= 15 is 0 Å². The van der Waals surface area contributed by atoms with Gasteiger partial charge in [0, 0.05) is 50.1 Å². The molecule has 4 fully saturated rings. The lowest BCUT2D eigenvalue weighted by atomic mass is 9.51. The molecule has 0 radical (unpaired) electrons. The van der Waals surface area contributed by atoms with E-state index in [0.29, 0.717) is 38.0 Å². The van der Waals surface area contributed by atoms with Crippen LogP contribution in [-0.2, 0) is 14.9 Å². The Balaban J connectivity index is 1.22. The summed E-state index contributed by atoms with van der Waals surface area (Å²) in [5, 5.41) is 13.7. The first-order valence-electron chi connectivity index (χ1n) is 18.0. The Morgan fingerprint density at radius 1 is 1.02 bits per heavy atom. The maximum absolute atomic E-state index is 14.6. The second-order valence-corrected chi connectivity index (χ2v) is 15.1. The molecule has 0 unspecified atom stereocenters. The molecule has 7 rings (SSSR count). The molecule has 0 atom stereocenters. The van der Waals surface area contributed by atoms with Crippen molar-refractivity contribution in [2.45, 2.75) is 103 Å². The summed E-state index contributed by atoms with van der Waals surface area (Å²) in [6, 6.07) is 11.0. The number of carbonyl (C=O) groups excluding carboxylic acids is 2. The number of aryl methyl sites for hydroxylation is 1. The van der Waals surface area contributed by atoms with Crippen molar-refractivity contribution in [2.24, 2.45) is 11.3 Å². The summed E-state index contributed by atoms with van der Waals surface area (Å²) in [4.78, 5) is 35.3. The number of hydrogen-bond acceptors (Lipinski definition) is 7. The summed E-state index contributed by atoms with van der Waals surface area (Å²) in [7, 11) is 3.35. The number of hydrogen-bond donors (Lipinski definition) is 1. The molecule has 1 N–H and O–H groups in total. The minimum absolute atomic E-state index is 0.0448. The SMILES string of the molecule is COc1ccc(C23CCC(CN(C(=O)C4CCC(OC(=O)N(C)CCO)CC4)c4cc(-c5cnn(C(C)C)c5)ccn4)(CC2)CC3)cc1C. The van der Waals surface area contributed by atoms with Gasteiger partial charge in [-0.25, -0.2) is 9.78 Å². The van der Waals surface area contributed by atoms with Gasteiger partial charge in [-0.3, -0.25) is 14.4 Å². The Kier molecular flexibility index (Phi) is 10.3. The molecule has 4 aliphatic carbocycles. The van der Waals surface area contributed by atoms with Crippen LogP contribution in [0.25, 0.3) is 11.1 Å². The van der Waals surface area contributed by atoms with E-state index in [0.717, 1.165) is 55.4 Å². The Morgan fingerprint density at radius 2 is 1.73 bits per heavy atom. The van der Waals surface area contributed by atoms with E-state index in [2.05, 4.69) is 56.3 Å². The number of methoxy groups -OCH3 is 1. The average molecular weight is 672 g/mol. The predicted octanol–water partition coefficient (Wildman–Crippen LogP) is 7.09. The van der Waals surface area contributed by atoms with Gasteiger partial charge in [0.25, 0.3) is 0 Å². The monoisotopic (exact) mass is 671 g/mol. The zero-order chi connectivity index (χ0) is 34.8. The maximum atomic E-state index is 14.6. The second-order valence-electron chi connectivity index (χ2n) is 15.1. The highest BCUT2D eigenvalue weighted by Gasteiger charge is 2.51. The molecule has 2 heterocycles. The van der Waals surface area contributed by atoms with Crippen molar-refractivity contribution in [3.05, 3.63) is 60.0 Å². The molecule has 10 nitrogen and oxygen atoms in total. The van der Waals surface area contributed by atoms with Gasteiger partial charge in [-0.15, -0.1) is 0 Å². The molecular formula is C39H53N5O5. The van der Waals surface area contributed by atoms with Crippen molar-refractivity contribution in [3.8, 4) is 16.9 Å². The number of ether oxygens (including phenoxy) is 2. The quantitative estimate of drug-likeness (QED) is 0.232. The lowest BCUT2D eigenvalue weighted by Crippen LogP contribution is -2.52. The lowest BCUT2D eigenvalue weighted by Gasteiger charge is -2.55. The first-order valence-corrected chi connectivity index (χ1v) is 18.0. The second kappa shape index (κ2) is 14.5. The van der Waals surface area contributed by atoms with Crippen molar-refractivity contribution in [2.75, 3.05) is 38.8 Å². The van der Waals surface area contributed by atoms with E-state index in [9.17, 15) is 14.7 Å². The molecule has 264 valence electrons. The summed E-state index contributed by atoms with van der Waals surface area (Å²) >= 11 is 0. The Labute approximate surface area is 290 Å². The molecule has 3 aromatic rings. The molecule has 2 amide bonds. The standard InChI is InChI=1S/C39H53N5O5/c1-27(2)44-25-31(24-41-44)30-12-19-40-35(23-30)43(36(46)29-6-9-33(10-7-29)49-37(47)42(4)20-21-45)26-38-13-16-39(17-14-38,18-15-38)32-8-11-34(48-5)28(3)22-32/h8,11-12,19,22-25,27,29,33,45H,6-7,9-10,13-18,20-21,26H2,1-5H3. The summed E-state index contributed by atoms with van der Waals surface area (Å²) in [6.45, 7) is 7.12. The van der Waals surface area contributed by atoms with Crippen molar-refractivity contribution in [1.82, 2.24) is 19.7 Å². The van der Waals surface area contributed by atoms with E-state index in [4.69, 9.17) is 14.5 Å². The number of aliphatic hydroxyl groups is 1. The third-order valence-electron chi connectivity index (χ3n) is 11.7. The molecule has 0 spiro atoms. The van der Waals surface area contributed by atoms with Gasteiger partial charge in [-0.2, -0.15) is 5.10 Å². The van der Waals surface area contributed by atoms with Crippen molar-refractivity contribution in [1.29, 1.82) is 0 Å². The van der Waals surface area contributed by atoms with E-state index in [-0.39, 0.29) is 48.0 Å². The number of pyridine rings is 1. The molecular weight excluding hydrogens is 618 g/mol. The normalized spacial score (nSPS) is 24.9. The average Bonchev–Trinajstić information content (AvgIpc) is 3.63. The third-order valence-corrected chi connectivity index (χ3v) is 11.7. The molecule has 0 saturated heterocycles. The van der Waals surface area contributed by atoms with Gasteiger partial charge >= 0.3 is 6.09 Å². The molecule has 0 aliphatic heterocycles. The van der Waals surface area contributed by atoms with Crippen LogP contribution in [0.15, 0.2) is 48.9 Å². The number of benzene rings is 1. The van der Waals surface area contributed by atoms with Gasteiger partial charge in [0.2, 0.25) is 5.91 Å². The number of rotatable bonds is 11. The fourth-order valence-electron chi connectivity index (χ4n) is 8.39. The number of carbonyl (C=O) groups is 2. The zero-order valence-corrected chi connectivity index (χ0v) is 29.9. The van der Waals surface area contributed by atoms with Crippen LogP contribution in [0.5, 0.6) is 5.75 Å². The molecule has 4 aliphatic rings. The van der Waals surface area contributed by atoms with Crippen LogP contribution in [0.4, 0.5) is 10.6 Å². The van der Waals surface area contributed by atoms with Crippen LogP contribution in [0.2, 0.25) is 0 Å². The molecule has 49 heavy (non-hydrogen) atoms. The summed E-state index contributed by atoms with van der Waals surface area (Å²) < 4.78 is 13.2. The number of likely N-dealkylation sites (N-methyl/N-ethyl adjacent to an activating group) is 1. The van der Waals surface area contributed by atoms with Gasteiger partial charge in [-0.05, 0) is 131 Å².